The van der Waals surface area contributed by atoms with E-state index in [9.17, 15) is 5.11 Å². The molecule has 6 rings (SSSR count). The predicted octanol–water partition coefficient (Wildman–Crippen LogP) is 15.5. The number of rotatable bonds is 31. The number of aliphatic hydroxyl groups is 1. The Labute approximate surface area is 470 Å². The van der Waals surface area contributed by atoms with Crippen LogP contribution in [0.4, 0.5) is 0 Å². The summed E-state index contributed by atoms with van der Waals surface area (Å²) in [5.41, 5.74) is 6.10. The first-order valence-corrected chi connectivity index (χ1v) is 30.5. The van der Waals surface area contributed by atoms with Crippen molar-refractivity contribution in [1.29, 1.82) is 9.56 Å². The van der Waals surface area contributed by atoms with Crippen molar-refractivity contribution >= 4 is 42.9 Å². The SMILES string of the molecule is CCCCN(CCCC)CCCOc1ccc(OC)cc1.CCCCc1cc2cc(C)ccc2o1.CCCCc1oc2ccc(C)cc2c1C(O)c1ccc(OCCCN(CCCC)CCCC)cc1.N=S(=O)=O.N=S(=O)=O. The quantitative estimate of drug-likeness (QED) is 0.0349. The lowest BCUT2D eigenvalue weighted by Crippen LogP contribution is -2.28. The molecule has 0 bridgehead atoms. The lowest BCUT2D eigenvalue weighted by molar-refractivity contribution is 0.217. The maximum absolute atomic E-state index is 11.4. The number of benzene rings is 4. The molecule has 0 aliphatic heterocycles. The Bertz CT molecular complexity index is 2690. The fraction of sp³-hybridized carbons (Fsp3) is 0.548. The number of unbranched alkanes of at least 4 members (excludes halogenated alkanes) is 6. The highest BCUT2D eigenvalue weighted by Crippen LogP contribution is 2.36. The van der Waals surface area contributed by atoms with Gasteiger partial charge in [0.25, 0.3) is 0 Å². The summed E-state index contributed by atoms with van der Waals surface area (Å²) in [6.45, 7) is 26.1. The summed E-state index contributed by atoms with van der Waals surface area (Å²) >= 11 is 0. The molecule has 0 amide bonds. The van der Waals surface area contributed by atoms with Crippen LogP contribution in [0.3, 0.4) is 0 Å². The van der Waals surface area contributed by atoms with Crippen LogP contribution in [0, 0.1) is 23.4 Å². The monoisotopic (exact) mass is 1120 g/mol. The van der Waals surface area contributed by atoms with Crippen molar-refractivity contribution in [2.75, 3.05) is 59.6 Å². The molecule has 3 N–H and O–H groups in total. The van der Waals surface area contributed by atoms with E-state index in [0.29, 0.717) is 6.61 Å². The number of hydrogen-bond donors (Lipinski definition) is 3. The second-order valence-electron chi connectivity index (χ2n) is 19.5. The van der Waals surface area contributed by atoms with Crippen molar-refractivity contribution in [2.45, 2.75) is 164 Å². The van der Waals surface area contributed by atoms with Gasteiger partial charge in [0.2, 0.25) is 0 Å². The molecule has 0 saturated heterocycles. The highest BCUT2D eigenvalue weighted by Gasteiger charge is 2.22. The third-order valence-corrected chi connectivity index (χ3v) is 12.8. The van der Waals surface area contributed by atoms with Gasteiger partial charge in [0.1, 0.15) is 46.0 Å². The number of ether oxygens (including phenoxy) is 3. The van der Waals surface area contributed by atoms with E-state index in [1.807, 2.05) is 54.6 Å². The Morgan fingerprint density at radius 1 is 0.513 bits per heavy atom. The Balaban J connectivity index is 0.000000407. The summed E-state index contributed by atoms with van der Waals surface area (Å²) in [5, 5.41) is 13.6. The lowest BCUT2D eigenvalue weighted by Gasteiger charge is -2.21. The number of furan rings is 2. The van der Waals surface area contributed by atoms with Crippen LogP contribution in [-0.4, -0.2) is 91.3 Å². The first-order valence-electron chi connectivity index (χ1n) is 28.4. The summed E-state index contributed by atoms with van der Waals surface area (Å²) in [7, 11) is -3.54. The topological polar surface area (TPSA) is 197 Å². The van der Waals surface area contributed by atoms with E-state index in [1.54, 1.807) is 7.11 Å². The van der Waals surface area contributed by atoms with Gasteiger partial charge in [-0.05, 0) is 164 Å². The molecule has 0 aliphatic carbocycles. The third-order valence-electron chi connectivity index (χ3n) is 12.8. The normalized spacial score (nSPS) is 11.1. The van der Waals surface area contributed by atoms with E-state index < -0.39 is 27.1 Å². The zero-order chi connectivity index (χ0) is 57.5. The van der Waals surface area contributed by atoms with Gasteiger partial charge in [-0.3, -0.25) is 0 Å². The highest BCUT2D eigenvalue weighted by atomic mass is 32.2. The Hall–Kier alpha value is -5.52. The number of aryl methyl sites for hydroxylation is 4. The van der Waals surface area contributed by atoms with Crippen LogP contribution in [0.25, 0.3) is 21.9 Å². The van der Waals surface area contributed by atoms with Crippen LogP contribution in [0.5, 0.6) is 17.2 Å². The number of fused-ring (bicyclic) bond motifs is 2. The molecule has 2 heterocycles. The summed E-state index contributed by atoms with van der Waals surface area (Å²) in [4.78, 5) is 5.15. The van der Waals surface area contributed by atoms with Gasteiger partial charge < -0.3 is 38.0 Å². The molecule has 16 heteroatoms. The number of nitrogens with one attached hydrogen (secondary N) is 2. The second-order valence-corrected chi connectivity index (χ2v) is 20.5. The molecule has 78 heavy (non-hydrogen) atoms. The number of aliphatic hydroxyl groups excluding tert-OH is 1. The van der Waals surface area contributed by atoms with Crippen molar-refractivity contribution in [3.8, 4) is 17.2 Å². The van der Waals surface area contributed by atoms with Gasteiger partial charge in [0, 0.05) is 42.3 Å². The van der Waals surface area contributed by atoms with Crippen LogP contribution in [0.1, 0.15) is 171 Å². The van der Waals surface area contributed by atoms with Gasteiger partial charge in [-0.2, -0.15) is 26.4 Å². The van der Waals surface area contributed by atoms with Gasteiger partial charge in [0.15, 0.2) is 0 Å². The minimum atomic E-state index is -2.61. The maximum Gasteiger partial charge on any atom is 0.308 e. The van der Waals surface area contributed by atoms with Gasteiger partial charge in [0.05, 0.1) is 20.3 Å². The Morgan fingerprint density at radius 2 is 0.923 bits per heavy atom. The Kier molecular flexibility index (Phi) is 36.5. The van der Waals surface area contributed by atoms with E-state index in [1.165, 1.54) is 107 Å². The zero-order valence-corrected chi connectivity index (χ0v) is 50.2. The molecule has 2 aromatic heterocycles. The molecular weight excluding hydrogens is 1020 g/mol. The molecule has 0 radical (unpaired) electrons. The highest BCUT2D eigenvalue weighted by molar-refractivity contribution is 7.60. The van der Waals surface area contributed by atoms with Crippen LogP contribution in [-0.2, 0) is 33.8 Å². The maximum atomic E-state index is 11.4. The van der Waals surface area contributed by atoms with Crippen molar-refractivity contribution in [1.82, 2.24) is 9.80 Å². The average Bonchev–Trinajstić information content (AvgIpc) is 4.01. The van der Waals surface area contributed by atoms with Gasteiger partial charge in [-0.25, -0.2) is 0 Å². The lowest BCUT2D eigenvalue weighted by atomic mass is 9.96. The standard InChI is InChI=1S/C31H45NO3.C18H31NO2.C13H16O.2HNO2S/c1-5-8-12-29-30(27-23-24(4)13-18-28(27)35-29)31(33)25-14-16-26(17-15-25)34-22-11-21-32(19-9-6-2)20-10-7-3;1-4-6-13-19(14-7-5-2)15-8-16-21-18-11-9-17(20-3)10-12-18;1-3-4-5-12-9-11-8-10(2)6-7-13(11)14-12;2*1-4(2)3/h13-18,23,31,33H,5-12,19-22H2,1-4H3;9-12H,4-8,13-16H2,1-3H3;6-9H,3-5H2,1-2H3;2*1H. The average molecular weight is 1120 g/mol. The summed E-state index contributed by atoms with van der Waals surface area (Å²) < 4.78 is 74.5. The minimum absolute atomic E-state index is 0.712. The molecule has 14 nitrogen and oxygen atoms in total. The molecule has 0 aliphatic rings. The molecule has 0 fully saturated rings. The van der Waals surface area contributed by atoms with Gasteiger partial charge >= 0.3 is 21.0 Å². The molecule has 1 atom stereocenters. The number of nitrogens with zero attached hydrogens (tertiary/aromatic N) is 2. The number of methoxy groups -OCH3 is 1. The zero-order valence-electron chi connectivity index (χ0n) is 48.5. The first kappa shape index (κ1) is 68.6. The smallest absolute Gasteiger partial charge is 0.308 e. The fourth-order valence-electron chi connectivity index (χ4n) is 8.54. The van der Waals surface area contributed by atoms with E-state index in [4.69, 9.17) is 49.4 Å². The van der Waals surface area contributed by atoms with E-state index in [0.717, 1.165) is 115 Å². The largest absolute Gasteiger partial charge is 0.497 e. The molecule has 6 aromatic rings. The van der Waals surface area contributed by atoms with Crippen LogP contribution < -0.4 is 14.2 Å². The first-order chi connectivity index (χ1) is 37.6. The van der Waals surface area contributed by atoms with Crippen molar-refractivity contribution in [3.63, 3.8) is 0 Å². The van der Waals surface area contributed by atoms with Crippen molar-refractivity contribution < 1.29 is 45.0 Å². The van der Waals surface area contributed by atoms with Crippen molar-refractivity contribution in [3.05, 3.63) is 125 Å². The van der Waals surface area contributed by atoms with E-state index >= 15 is 0 Å². The van der Waals surface area contributed by atoms with Crippen LogP contribution in [0.2, 0.25) is 0 Å². The van der Waals surface area contributed by atoms with E-state index in [-0.39, 0.29) is 0 Å². The number of hydrogen-bond acceptors (Lipinski definition) is 14. The second kappa shape index (κ2) is 41.5. The summed E-state index contributed by atoms with van der Waals surface area (Å²) in [6, 6.07) is 30.4. The van der Waals surface area contributed by atoms with E-state index in [2.05, 4.69) is 102 Å². The molecule has 434 valence electrons. The predicted molar refractivity (Wildman–Crippen MR) is 319 cm³/mol. The molecular formula is C62H94N4O10S2. The van der Waals surface area contributed by atoms with Gasteiger partial charge in [-0.1, -0.05) is 115 Å². The molecule has 0 spiro atoms. The molecule has 0 saturated carbocycles. The summed E-state index contributed by atoms with van der Waals surface area (Å²) in [6.07, 6.45) is 18.0. The van der Waals surface area contributed by atoms with Gasteiger partial charge in [-0.15, -0.1) is 0 Å². The third kappa shape index (κ3) is 28.9. The van der Waals surface area contributed by atoms with Crippen LogP contribution >= 0.6 is 0 Å². The van der Waals surface area contributed by atoms with Crippen molar-refractivity contribution in [2.24, 2.45) is 0 Å². The summed E-state index contributed by atoms with van der Waals surface area (Å²) in [5.74, 6) is 4.66. The fourth-order valence-corrected chi connectivity index (χ4v) is 8.54. The van der Waals surface area contributed by atoms with Crippen LogP contribution in [0.15, 0.2) is 99.8 Å². The molecule has 1 unspecified atom stereocenters. The molecule has 4 aromatic carbocycles. The minimum Gasteiger partial charge on any atom is -0.497 e. The Morgan fingerprint density at radius 3 is 1.38 bits per heavy atom.